The van der Waals surface area contributed by atoms with Gasteiger partial charge in [-0.05, 0) is 35.7 Å². The standard InChI is InChI=1S/C20H25N3O2S/c1-2-9-22(15-19-4-3-14-26-19)16-20(24)21-17-5-7-18(8-6-17)23-10-12-25-13-11-23/h2-8,14H,1,9-13,15-16H2,(H,21,24). The Morgan fingerprint density at radius 2 is 2.04 bits per heavy atom. The number of hydrogen-bond acceptors (Lipinski definition) is 5. The van der Waals surface area contributed by atoms with Gasteiger partial charge >= 0.3 is 0 Å². The molecule has 1 N–H and O–H groups in total. The van der Waals surface area contributed by atoms with Gasteiger partial charge in [-0.25, -0.2) is 0 Å². The molecule has 0 radical (unpaired) electrons. The maximum absolute atomic E-state index is 12.4. The molecule has 6 heteroatoms. The molecule has 138 valence electrons. The molecule has 26 heavy (non-hydrogen) atoms. The van der Waals surface area contributed by atoms with Gasteiger partial charge in [0.25, 0.3) is 0 Å². The van der Waals surface area contributed by atoms with Gasteiger partial charge in [0.15, 0.2) is 0 Å². The zero-order valence-corrected chi connectivity index (χ0v) is 15.7. The number of thiophene rings is 1. The number of ether oxygens (including phenoxy) is 1. The molecule has 1 aliphatic heterocycles. The Bertz CT molecular complexity index is 694. The van der Waals surface area contributed by atoms with Gasteiger partial charge in [-0.3, -0.25) is 9.69 Å². The molecule has 1 amide bonds. The van der Waals surface area contributed by atoms with E-state index in [1.165, 1.54) is 4.88 Å². The number of rotatable bonds is 8. The first-order chi connectivity index (χ1) is 12.7. The van der Waals surface area contributed by atoms with Crippen molar-refractivity contribution in [2.24, 2.45) is 0 Å². The number of morpholine rings is 1. The van der Waals surface area contributed by atoms with Gasteiger partial charge in [-0.1, -0.05) is 12.1 Å². The molecule has 0 unspecified atom stereocenters. The van der Waals surface area contributed by atoms with Crippen LogP contribution in [0.1, 0.15) is 4.88 Å². The lowest BCUT2D eigenvalue weighted by atomic mass is 10.2. The summed E-state index contributed by atoms with van der Waals surface area (Å²) in [5, 5.41) is 5.04. The summed E-state index contributed by atoms with van der Waals surface area (Å²) in [6.07, 6.45) is 1.83. The van der Waals surface area contributed by atoms with Gasteiger partial charge in [0.1, 0.15) is 0 Å². The van der Waals surface area contributed by atoms with Gasteiger partial charge in [-0.2, -0.15) is 0 Å². The van der Waals surface area contributed by atoms with E-state index in [0.29, 0.717) is 13.1 Å². The summed E-state index contributed by atoms with van der Waals surface area (Å²) in [6.45, 7) is 8.92. The van der Waals surface area contributed by atoms with Crippen molar-refractivity contribution < 1.29 is 9.53 Å². The number of nitrogens with zero attached hydrogens (tertiary/aromatic N) is 2. The Balaban J connectivity index is 1.53. The van der Waals surface area contributed by atoms with E-state index < -0.39 is 0 Å². The average molecular weight is 372 g/mol. The summed E-state index contributed by atoms with van der Waals surface area (Å²) >= 11 is 1.70. The lowest BCUT2D eigenvalue weighted by Gasteiger charge is -2.29. The van der Waals surface area contributed by atoms with Crippen LogP contribution in [0.15, 0.2) is 54.4 Å². The lowest BCUT2D eigenvalue weighted by Crippen LogP contribution is -2.36. The molecule has 0 spiro atoms. The highest BCUT2D eigenvalue weighted by Gasteiger charge is 2.13. The van der Waals surface area contributed by atoms with E-state index >= 15 is 0 Å². The van der Waals surface area contributed by atoms with E-state index in [0.717, 1.165) is 44.2 Å². The monoisotopic (exact) mass is 371 g/mol. The molecular weight excluding hydrogens is 346 g/mol. The molecule has 0 atom stereocenters. The summed E-state index contributed by atoms with van der Waals surface area (Å²) in [7, 11) is 0. The van der Waals surface area contributed by atoms with E-state index in [2.05, 4.69) is 33.1 Å². The SMILES string of the molecule is C=CCN(CC(=O)Nc1ccc(N2CCOCC2)cc1)Cc1cccs1. The van der Waals surface area contributed by atoms with E-state index in [1.807, 2.05) is 36.4 Å². The molecule has 1 saturated heterocycles. The van der Waals surface area contributed by atoms with Crippen molar-refractivity contribution in [2.75, 3.05) is 49.6 Å². The predicted molar refractivity (Wildman–Crippen MR) is 108 cm³/mol. The third kappa shape index (κ3) is 5.42. The van der Waals surface area contributed by atoms with Crippen LogP contribution < -0.4 is 10.2 Å². The maximum Gasteiger partial charge on any atom is 0.238 e. The molecule has 0 saturated carbocycles. The first-order valence-electron chi connectivity index (χ1n) is 8.83. The molecule has 0 bridgehead atoms. The highest BCUT2D eigenvalue weighted by Crippen LogP contribution is 2.19. The van der Waals surface area contributed by atoms with E-state index in [4.69, 9.17) is 4.74 Å². The van der Waals surface area contributed by atoms with Crippen molar-refractivity contribution in [3.8, 4) is 0 Å². The Morgan fingerprint density at radius 3 is 2.69 bits per heavy atom. The summed E-state index contributed by atoms with van der Waals surface area (Å²) < 4.78 is 5.38. The van der Waals surface area contributed by atoms with Gasteiger partial charge in [0.05, 0.1) is 19.8 Å². The van der Waals surface area contributed by atoms with Crippen LogP contribution >= 0.6 is 11.3 Å². The van der Waals surface area contributed by atoms with Gasteiger partial charge in [0.2, 0.25) is 5.91 Å². The fraction of sp³-hybridized carbons (Fsp3) is 0.350. The van der Waals surface area contributed by atoms with E-state index in [9.17, 15) is 4.79 Å². The molecule has 2 heterocycles. The van der Waals surface area contributed by atoms with Crippen LogP contribution in [0.5, 0.6) is 0 Å². The zero-order valence-electron chi connectivity index (χ0n) is 14.9. The second-order valence-electron chi connectivity index (χ2n) is 6.23. The quantitative estimate of drug-likeness (QED) is 0.724. The number of benzene rings is 1. The highest BCUT2D eigenvalue weighted by atomic mass is 32.1. The van der Waals surface area contributed by atoms with Crippen molar-refractivity contribution in [1.82, 2.24) is 4.90 Å². The Hall–Kier alpha value is -2.15. The fourth-order valence-electron chi connectivity index (χ4n) is 2.97. The molecule has 0 aliphatic carbocycles. The van der Waals surface area contributed by atoms with Crippen LogP contribution in [0.25, 0.3) is 0 Å². The normalized spacial score (nSPS) is 14.4. The topological polar surface area (TPSA) is 44.8 Å². The summed E-state index contributed by atoms with van der Waals surface area (Å²) in [6, 6.07) is 12.1. The molecule has 2 aromatic rings. The first-order valence-corrected chi connectivity index (χ1v) is 9.71. The minimum Gasteiger partial charge on any atom is -0.378 e. The molecule has 1 aliphatic rings. The Kier molecular flexibility index (Phi) is 6.82. The van der Waals surface area contributed by atoms with Crippen molar-refractivity contribution in [3.05, 3.63) is 59.3 Å². The number of amides is 1. The van der Waals surface area contributed by atoms with Crippen LogP contribution in [0.2, 0.25) is 0 Å². The summed E-state index contributed by atoms with van der Waals surface area (Å²) in [5.41, 5.74) is 1.99. The molecule has 3 rings (SSSR count). The third-order valence-electron chi connectivity index (χ3n) is 4.24. The molecule has 1 aromatic carbocycles. The summed E-state index contributed by atoms with van der Waals surface area (Å²) in [4.78, 5) is 18.0. The smallest absolute Gasteiger partial charge is 0.238 e. The number of carbonyl (C=O) groups excluding carboxylic acids is 1. The van der Waals surface area contributed by atoms with Crippen LogP contribution in [0, 0.1) is 0 Å². The first kappa shape index (κ1) is 18.6. The zero-order chi connectivity index (χ0) is 18.2. The second kappa shape index (κ2) is 9.52. The molecule has 1 aromatic heterocycles. The van der Waals surface area contributed by atoms with Crippen LogP contribution in [0.3, 0.4) is 0 Å². The third-order valence-corrected chi connectivity index (χ3v) is 5.10. The van der Waals surface area contributed by atoms with Gasteiger partial charge in [-0.15, -0.1) is 17.9 Å². The molecule has 1 fully saturated rings. The number of nitrogens with one attached hydrogen (secondary N) is 1. The second-order valence-corrected chi connectivity index (χ2v) is 7.26. The minimum absolute atomic E-state index is 0.0115. The number of anilines is 2. The predicted octanol–water partition coefficient (Wildman–Crippen LogP) is 3.21. The molecule has 5 nitrogen and oxygen atoms in total. The fourth-order valence-corrected chi connectivity index (χ4v) is 3.72. The average Bonchev–Trinajstić information content (AvgIpc) is 3.16. The van der Waals surface area contributed by atoms with Crippen LogP contribution in [0.4, 0.5) is 11.4 Å². The maximum atomic E-state index is 12.4. The van der Waals surface area contributed by atoms with Crippen molar-refractivity contribution in [3.63, 3.8) is 0 Å². The Morgan fingerprint density at radius 1 is 1.27 bits per heavy atom. The van der Waals surface area contributed by atoms with Crippen molar-refractivity contribution in [2.45, 2.75) is 6.54 Å². The number of hydrogen-bond donors (Lipinski definition) is 1. The van der Waals surface area contributed by atoms with Crippen LogP contribution in [-0.2, 0) is 16.1 Å². The van der Waals surface area contributed by atoms with Crippen molar-refractivity contribution >= 4 is 28.6 Å². The van der Waals surface area contributed by atoms with Gasteiger partial charge < -0.3 is 15.0 Å². The lowest BCUT2D eigenvalue weighted by molar-refractivity contribution is -0.117. The van der Waals surface area contributed by atoms with E-state index in [1.54, 1.807) is 11.3 Å². The largest absolute Gasteiger partial charge is 0.378 e. The summed E-state index contributed by atoms with van der Waals surface area (Å²) in [5.74, 6) is -0.0115. The number of carbonyl (C=O) groups is 1. The van der Waals surface area contributed by atoms with Gasteiger partial charge in [0, 0.05) is 42.4 Å². The minimum atomic E-state index is -0.0115. The molecular formula is C20H25N3O2S. The highest BCUT2D eigenvalue weighted by molar-refractivity contribution is 7.09. The Labute approximate surface area is 158 Å². The van der Waals surface area contributed by atoms with Crippen molar-refractivity contribution in [1.29, 1.82) is 0 Å². The van der Waals surface area contributed by atoms with E-state index in [-0.39, 0.29) is 5.91 Å². The van der Waals surface area contributed by atoms with Crippen LogP contribution in [-0.4, -0.2) is 50.2 Å².